The van der Waals surface area contributed by atoms with E-state index in [2.05, 4.69) is 17.9 Å². The molecule has 14 heavy (non-hydrogen) atoms. The summed E-state index contributed by atoms with van der Waals surface area (Å²) in [4.78, 5) is 11.1. The normalized spacial score (nSPS) is 11.0. The second-order valence-corrected chi connectivity index (χ2v) is 3.47. The molecule has 0 rings (SSSR count). The van der Waals surface area contributed by atoms with E-state index in [1.807, 2.05) is 6.08 Å². The van der Waals surface area contributed by atoms with Crippen LogP contribution in [0.2, 0.25) is 0 Å². The van der Waals surface area contributed by atoms with Crippen LogP contribution in [0.25, 0.3) is 0 Å². The van der Waals surface area contributed by atoms with Gasteiger partial charge in [-0.1, -0.05) is 25.3 Å². The lowest BCUT2D eigenvalue weighted by Crippen LogP contribution is -2.07. The lowest BCUT2D eigenvalue weighted by molar-refractivity contribution is -0.137. The second-order valence-electron chi connectivity index (χ2n) is 2.50. The number of hydrogen-bond donors (Lipinski definition) is 2. The van der Waals surface area contributed by atoms with Crippen LogP contribution in [0.4, 0.5) is 0 Å². The number of nitrogens with one attached hydrogen (secondary N) is 1. The monoisotopic (exact) mass is 213 g/mol. The number of aliphatic carboxylic acids is 1. The molecule has 0 aromatic rings. The highest BCUT2D eigenvalue weighted by Crippen LogP contribution is 2.12. The van der Waals surface area contributed by atoms with E-state index in [0.29, 0.717) is 13.0 Å². The Kier molecular flexibility index (Phi) is 7.98. The third-order valence-corrected chi connectivity index (χ3v) is 2.23. The minimum atomic E-state index is -0.762. The van der Waals surface area contributed by atoms with Gasteiger partial charge in [-0.05, 0) is 24.4 Å². The lowest BCUT2D eigenvalue weighted by Gasteiger charge is -2.02. The maximum Gasteiger partial charge on any atom is 0.303 e. The lowest BCUT2D eigenvalue weighted by atomic mass is 10.3. The molecule has 0 amide bonds. The van der Waals surface area contributed by atoms with Gasteiger partial charge in [0.2, 0.25) is 0 Å². The van der Waals surface area contributed by atoms with Crippen molar-refractivity contribution in [3.05, 3.63) is 36.3 Å². The van der Waals surface area contributed by atoms with Crippen molar-refractivity contribution < 1.29 is 9.90 Å². The number of allylic oxidation sites excluding steroid dienone is 3. The minimum absolute atomic E-state index is 0.197. The third kappa shape index (κ3) is 7.64. The third-order valence-electron chi connectivity index (χ3n) is 1.34. The summed E-state index contributed by atoms with van der Waals surface area (Å²) in [6, 6.07) is 0. The summed E-state index contributed by atoms with van der Waals surface area (Å²) in [5, 5.41) is 8.38. The zero-order valence-corrected chi connectivity index (χ0v) is 8.85. The fraction of sp³-hybridized carbons (Fsp3) is 0.300. The number of carboxylic acid groups (broad SMARTS) is 1. The van der Waals surface area contributed by atoms with Gasteiger partial charge >= 0.3 is 5.97 Å². The molecule has 0 aliphatic carbocycles. The fourth-order valence-electron chi connectivity index (χ4n) is 0.706. The highest BCUT2D eigenvalue weighted by Gasteiger charge is 1.96. The SMILES string of the molecule is C=C/C=C(\C=C)SNCCCC(=O)O. The van der Waals surface area contributed by atoms with Crippen LogP contribution in [0.15, 0.2) is 36.3 Å². The standard InChI is InChI=1S/C10H15NO2S/c1-3-6-9(4-2)14-11-8-5-7-10(12)13/h3-4,6,11H,1-2,5,7-8H2,(H,12,13)/b9-6+. The van der Waals surface area contributed by atoms with Crippen LogP contribution < -0.4 is 4.72 Å². The molecule has 0 atom stereocenters. The summed E-state index contributed by atoms with van der Waals surface area (Å²) in [5.41, 5.74) is 0. The molecular weight excluding hydrogens is 198 g/mol. The van der Waals surface area contributed by atoms with Gasteiger partial charge < -0.3 is 5.11 Å². The van der Waals surface area contributed by atoms with Crippen LogP contribution in [-0.4, -0.2) is 17.6 Å². The van der Waals surface area contributed by atoms with Crippen molar-refractivity contribution in [2.45, 2.75) is 12.8 Å². The Hall–Kier alpha value is -1.00. The van der Waals surface area contributed by atoms with Crippen LogP contribution in [0, 0.1) is 0 Å². The van der Waals surface area contributed by atoms with Gasteiger partial charge in [-0.15, -0.1) is 0 Å². The molecule has 3 nitrogen and oxygen atoms in total. The predicted molar refractivity (Wildman–Crippen MR) is 60.9 cm³/mol. The molecule has 0 spiro atoms. The number of carbonyl (C=O) groups is 1. The van der Waals surface area contributed by atoms with Crippen molar-refractivity contribution in [3.8, 4) is 0 Å². The summed E-state index contributed by atoms with van der Waals surface area (Å²) in [5.74, 6) is -0.762. The van der Waals surface area contributed by atoms with Gasteiger partial charge in [-0.25, -0.2) is 0 Å². The van der Waals surface area contributed by atoms with Crippen molar-refractivity contribution >= 4 is 17.9 Å². The molecule has 0 aliphatic rings. The summed E-state index contributed by atoms with van der Waals surface area (Å²) < 4.78 is 3.04. The molecule has 0 saturated heterocycles. The Bertz CT molecular complexity index is 236. The van der Waals surface area contributed by atoms with E-state index < -0.39 is 5.97 Å². The molecule has 0 heterocycles. The van der Waals surface area contributed by atoms with Gasteiger partial charge in [-0.3, -0.25) is 9.52 Å². The van der Waals surface area contributed by atoms with Crippen molar-refractivity contribution in [2.24, 2.45) is 0 Å². The Balaban J connectivity index is 3.52. The molecule has 2 N–H and O–H groups in total. The van der Waals surface area contributed by atoms with E-state index in [0.717, 1.165) is 4.91 Å². The average Bonchev–Trinajstić information content (AvgIpc) is 2.15. The minimum Gasteiger partial charge on any atom is -0.481 e. The number of rotatable bonds is 8. The van der Waals surface area contributed by atoms with Gasteiger partial charge in [0, 0.05) is 17.9 Å². The molecule has 4 heteroatoms. The van der Waals surface area contributed by atoms with E-state index >= 15 is 0 Å². The van der Waals surface area contributed by atoms with E-state index in [9.17, 15) is 4.79 Å². The molecule has 0 bridgehead atoms. The van der Waals surface area contributed by atoms with Crippen molar-refractivity contribution in [1.82, 2.24) is 4.72 Å². The van der Waals surface area contributed by atoms with Crippen LogP contribution in [-0.2, 0) is 4.79 Å². The van der Waals surface area contributed by atoms with Crippen molar-refractivity contribution in [1.29, 1.82) is 0 Å². The quantitative estimate of drug-likeness (QED) is 0.369. The second kappa shape index (κ2) is 8.59. The van der Waals surface area contributed by atoms with Crippen LogP contribution in [0.3, 0.4) is 0 Å². The molecule has 0 aliphatic heterocycles. The molecule has 0 unspecified atom stereocenters. The topological polar surface area (TPSA) is 49.3 Å². The highest BCUT2D eigenvalue weighted by molar-refractivity contribution is 8.01. The summed E-state index contributed by atoms with van der Waals surface area (Å²) in [6.07, 6.45) is 6.06. The first kappa shape index (κ1) is 13.0. The first-order valence-electron chi connectivity index (χ1n) is 4.27. The maximum absolute atomic E-state index is 10.2. The van der Waals surface area contributed by atoms with E-state index in [1.165, 1.54) is 11.9 Å². The van der Waals surface area contributed by atoms with Crippen LogP contribution in [0.5, 0.6) is 0 Å². The van der Waals surface area contributed by atoms with Crippen LogP contribution >= 0.6 is 11.9 Å². The molecule has 0 aromatic carbocycles. The number of carboxylic acids is 1. The van der Waals surface area contributed by atoms with E-state index in [1.54, 1.807) is 12.2 Å². The summed E-state index contributed by atoms with van der Waals surface area (Å²) in [6.45, 7) is 7.87. The van der Waals surface area contributed by atoms with Gasteiger partial charge in [0.1, 0.15) is 0 Å². The zero-order valence-electron chi connectivity index (χ0n) is 8.03. The smallest absolute Gasteiger partial charge is 0.303 e. The summed E-state index contributed by atoms with van der Waals surface area (Å²) in [7, 11) is 0. The average molecular weight is 213 g/mol. The Morgan fingerprint density at radius 2 is 2.21 bits per heavy atom. The van der Waals surface area contributed by atoms with Gasteiger partial charge in [0.25, 0.3) is 0 Å². The molecule has 0 saturated carbocycles. The van der Waals surface area contributed by atoms with Crippen LogP contribution in [0.1, 0.15) is 12.8 Å². The maximum atomic E-state index is 10.2. The first-order valence-corrected chi connectivity index (χ1v) is 5.09. The Morgan fingerprint density at radius 3 is 2.71 bits per heavy atom. The Morgan fingerprint density at radius 1 is 1.50 bits per heavy atom. The molecule has 78 valence electrons. The molecule has 0 aromatic heterocycles. The van der Waals surface area contributed by atoms with E-state index in [-0.39, 0.29) is 6.42 Å². The number of hydrogen-bond acceptors (Lipinski definition) is 3. The van der Waals surface area contributed by atoms with Gasteiger partial charge in [0.15, 0.2) is 0 Å². The zero-order chi connectivity index (χ0) is 10.8. The molecule has 0 fully saturated rings. The Labute approximate surface area is 88.7 Å². The van der Waals surface area contributed by atoms with Crippen molar-refractivity contribution in [2.75, 3.05) is 6.54 Å². The molecular formula is C10H15NO2S. The predicted octanol–water partition coefficient (Wildman–Crippen LogP) is 2.34. The van der Waals surface area contributed by atoms with Gasteiger partial charge in [-0.2, -0.15) is 0 Å². The summed E-state index contributed by atoms with van der Waals surface area (Å²) >= 11 is 1.43. The van der Waals surface area contributed by atoms with Gasteiger partial charge in [0.05, 0.1) is 0 Å². The highest BCUT2D eigenvalue weighted by atomic mass is 32.2. The molecule has 0 radical (unpaired) electrons. The largest absolute Gasteiger partial charge is 0.481 e. The van der Waals surface area contributed by atoms with E-state index in [4.69, 9.17) is 5.11 Å². The van der Waals surface area contributed by atoms with Crippen molar-refractivity contribution in [3.63, 3.8) is 0 Å². The fourth-order valence-corrected chi connectivity index (χ4v) is 1.37. The first-order chi connectivity index (χ1) is 6.70.